The first-order valence-electron chi connectivity index (χ1n) is 6.34. The van der Waals surface area contributed by atoms with E-state index in [1.807, 2.05) is 10.9 Å². The number of rotatable bonds is 3. The molecule has 0 amide bonds. The summed E-state index contributed by atoms with van der Waals surface area (Å²) in [5, 5.41) is 2.04. The Morgan fingerprint density at radius 1 is 1.30 bits per heavy atom. The van der Waals surface area contributed by atoms with E-state index in [9.17, 15) is 4.39 Å². The van der Waals surface area contributed by atoms with Gasteiger partial charge in [0.25, 0.3) is 0 Å². The molecule has 0 atom stereocenters. The Morgan fingerprint density at radius 3 is 2.65 bits per heavy atom. The third-order valence-electron chi connectivity index (χ3n) is 3.43. The van der Waals surface area contributed by atoms with Gasteiger partial charge >= 0.3 is 0 Å². The first-order chi connectivity index (χ1) is 9.61. The van der Waals surface area contributed by atoms with Gasteiger partial charge in [-0.05, 0) is 65.3 Å². The molecule has 1 aromatic heterocycles. The zero-order valence-corrected chi connectivity index (χ0v) is 16.2. The molecule has 2 heterocycles. The van der Waals surface area contributed by atoms with Crippen molar-refractivity contribution in [3.8, 4) is 0 Å². The van der Waals surface area contributed by atoms with Crippen LogP contribution in [0.15, 0.2) is 21.6 Å². The molecule has 1 fully saturated rings. The van der Waals surface area contributed by atoms with Crippen molar-refractivity contribution in [2.45, 2.75) is 24.8 Å². The van der Waals surface area contributed by atoms with Crippen molar-refractivity contribution in [1.29, 1.82) is 0 Å². The quantitative estimate of drug-likeness (QED) is 0.400. The second kappa shape index (κ2) is 6.36. The van der Waals surface area contributed by atoms with Crippen molar-refractivity contribution in [3.63, 3.8) is 0 Å². The van der Waals surface area contributed by atoms with Gasteiger partial charge in [0, 0.05) is 53.3 Å². The predicted octanol–water partition coefficient (Wildman–Crippen LogP) is 5.80. The minimum Gasteiger partial charge on any atom is -0.265 e. The van der Waals surface area contributed by atoms with Gasteiger partial charge < -0.3 is 0 Å². The van der Waals surface area contributed by atoms with Crippen molar-refractivity contribution in [1.82, 2.24) is 8.28 Å². The number of hydrogen-bond acceptors (Lipinski definition) is 3. The summed E-state index contributed by atoms with van der Waals surface area (Å²) in [7, 11) is 1.52. The SMILES string of the molecule is Cc1cc(F)c2c(cc(SN3CCCC3)n2SI)c1Br. The predicted molar refractivity (Wildman–Crippen MR) is 98.0 cm³/mol. The van der Waals surface area contributed by atoms with Crippen LogP contribution in [0.1, 0.15) is 18.4 Å². The lowest BCUT2D eigenvalue weighted by Crippen LogP contribution is -2.09. The van der Waals surface area contributed by atoms with Crippen molar-refractivity contribution in [3.05, 3.63) is 28.0 Å². The van der Waals surface area contributed by atoms with E-state index in [1.165, 1.54) is 22.0 Å². The normalized spacial score (nSPS) is 16.4. The summed E-state index contributed by atoms with van der Waals surface area (Å²) in [4.78, 5) is 0. The summed E-state index contributed by atoms with van der Waals surface area (Å²) in [5.41, 5.74) is 1.60. The van der Waals surface area contributed by atoms with Gasteiger partial charge in [0.1, 0.15) is 10.8 Å². The minimum atomic E-state index is -0.155. The van der Waals surface area contributed by atoms with Crippen LogP contribution in [-0.4, -0.2) is 21.4 Å². The Bertz CT molecular complexity index is 656. The highest BCUT2D eigenvalue weighted by Crippen LogP contribution is 2.41. The third-order valence-corrected chi connectivity index (χ3v) is 7.41. The van der Waals surface area contributed by atoms with Gasteiger partial charge in [-0.3, -0.25) is 3.97 Å². The second-order valence-corrected chi connectivity index (χ2v) is 8.42. The molecule has 2 nitrogen and oxygen atoms in total. The lowest BCUT2D eigenvalue weighted by atomic mass is 10.2. The largest absolute Gasteiger partial charge is 0.265 e. The summed E-state index contributed by atoms with van der Waals surface area (Å²) in [6.07, 6.45) is 2.50. The third kappa shape index (κ3) is 2.76. The van der Waals surface area contributed by atoms with E-state index in [0.29, 0.717) is 5.52 Å². The molecule has 1 aliphatic rings. The van der Waals surface area contributed by atoms with Gasteiger partial charge in [-0.25, -0.2) is 8.70 Å². The molecule has 1 aromatic carbocycles. The summed E-state index contributed by atoms with van der Waals surface area (Å²) < 4.78 is 19.6. The van der Waals surface area contributed by atoms with Crippen molar-refractivity contribution < 1.29 is 4.39 Å². The van der Waals surface area contributed by atoms with Crippen LogP contribution in [0.5, 0.6) is 0 Å². The maximum Gasteiger partial charge on any atom is 0.148 e. The maximum absolute atomic E-state index is 14.3. The molecule has 0 N–H and O–H groups in total. The van der Waals surface area contributed by atoms with Crippen LogP contribution in [-0.2, 0) is 0 Å². The number of fused-ring (bicyclic) bond motifs is 1. The van der Waals surface area contributed by atoms with Crippen LogP contribution in [0, 0.1) is 12.7 Å². The Labute approximate surface area is 146 Å². The van der Waals surface area contributed by atoms with E-state index in [-0.39, 0.29) is 5.82 Å². The molecule has 0 saturated carbocycles. The fourth-order valence-corrected chi connectivity index (χ4v) is 6.11. The number of aromatic nitrogens is 1. The van der Waals surface area contributed by atoms with Gasteiger partial charge in [-0.1, -0.05) is 0 Å². The summed E-state index contributed by atoms with van der Waals surface area (Å²) in [6, 6.07) is 3.68. The fraction of sp³-hybridized carbons (Fsp3) is 0.385. The monoisotopic (exact) mass is 486 g/mol. The summed E-state index contributed by atoms with van der Waals surface area (Å²) in [6.45, 7) is 4.15. The molecular formula is C13H13BrFIN2S2. The van der Waals surface area contributed by atoms with Crippen LogP contribution in [0.2, 0.25) is 0 Å². The van der Waals surface area contributed by atoms with E-state index >= 15 is 0 Å². The molecule has 108 valence electrons. The average Bonchev–Trinajstić information content (AvgIpc) is 3.04. The molecular weight excluding hydrogens is 474 g/mol. The fourth-order valence-electron chi connectivity index (χ4n) is 2.44. The highest BCUT2D eigenvalue weighted by atomic mass is 127. The first-order valence-corrected chi connectivity index (χ1v) is 11.2. The number of hydrogen-bond donors (Lipinski definition) is 0. The lowest BCUT2D eigenvalue weighted by Gasteiger charge is -2.13. The maximum atomic E-state index is 14.3. The van der Waals surface area contributed by atoms with Crippen LogP contribution < -0.4 is 0 Å². The highest BCUT2D eigenvalue weighted by molar-refractivity contribution is 14.2. The van der Waals surface area contributed by atoms with Crippen molar-refractivity contribution >= 4 is 69.1 Å². The average molecular weight is 487 g/mol. The molecule has 1 aliphatic heterocycles. The molecule has 0 spiro atoms. The molecule has 2 aromatic rings. The first kappa shape index (κ1) is 15.5. The van der Waals surface area contributed by atoms with Crippen LogP contribution in [0.25, 0.3) is 10.9 Å². The Hall–Kier alpha value is 0.560. The van der Waals surface area contributed by atoms with Crippen LogP contribution in [0.3, 0.4) is 0 Å². The standard InChI is InChI=1S/C13H13BrFIN2S2/c1-8-6-10(15)13-9(12(8)14)7-11(18(13)20-16)19-17-4-2-3-5-17/h6-7H,2-5H2,1H3. The van der Waals surface area contributed by atoms with Crippen LogP contribution >= 0.6 is 58.2 Å². The zero-order valence-electron chi connectivity index (χ0n) is 10.8. The van der Waals surface area contributed by atoms with Gasteiger partial charge in [0.2, 0.25) is 0 Å². The van der Waals surface area contributed by atoms with Crippen molar-refractivity contribution in [2.24, 2.45) is 0 Å². The van der Waals surface area contributed by atoms with Gasteiger partial charge in [0.05, 0.1) is 5.52 Å². The summed E-state index contributed by atoms with van der Waals surface area (Å²) in [5.74, 6) is -0.155. The molecule has 0 aliphatic carbocycles. The van der Waals surface area contributed by atoms with E-state index in [2.05, 4.69) is 47.5 Å². The van der Waals surface area contributed by atoms with E-state index in [4.69, 9.17) is 0 Å². The second-order valence-electron chi connectivity index (χ2n) is 4.82. The molecule has 7 heteroatoms. The molecule has 20 heavy (non-hydrogen) atoms. The molecule has 0 radical (unpaired) electrons. The molecule has 1 saturated heterocycles. The van der Waals surface area contributed by atoms with Gasteiger partial charge in [-0.15, -0.1) is 0 Å². The Morgan fingerprint density at radius 2 is 2.00 bits per heavy atom. The number of halogens is 3. The number of nitrogens with zero attached hydrogens (tertiary/aromatic N) is 2. The van der Waals surface area contributed by atoms with E-state index < -0.39 is 0 Å². The van der Waals surface area contributed by atoms with E-state index in [0.717, 1.165) is 33.5 Å². The zero-order chi connectivity index (χ0) is 14.3. The highest BCUT2D eigenvalue weighted by Gasteiger charge is 2.20. The minimum absolute atomic E-state index is 0.155. The van der Waals surface area contributed by atoms with Gasteiger partial charge in [0.15, 0.2) is 0 Å². The molecule has 3 rings (SSSR count). The number of aryl methyl sites for hydroxylation is 1. The Balaban J connectivity index is 2.12. The number of benzene rings is 1. The van der Waals surface area contributed by atoms with E-state index in [1.54, 1.807) is 18.0 Å². The van der Waals surface area contributed by atoms with Crippen molar-refractivity contribution in [2.75, 3.05) is 13.1 Å². The molecule has 0 bridgehead atoms. The lowest BCUT2D eigenvalue weighted by molar-refractivity contribution is 0.584. The summed E-state index contributed by atoms with van der Waals surface area (Å²) >= 11 is 7.54. The van der Waals surface area contributed by atoms with Crippen LogP contribution in [0.4, 0.5) is 4.39 Å². The van der Waals surface area contributed by atoms with Gasteiger partial charge in [-0.2, -0.15) is 0 Å². The smallest absolute Gasteiger partial charge is 0.148 e. The molecule has 0 unspecified atom stereocenters. The Kier molecular flexibility index (Phi) is 4.91. The topological polar surface area (TPSA) is 8.17 Å².